The molecule has 4 N–H and O–H groups in total. The van der Waals surface area contributed by atoms with Crippen LogP contribution in [-0.2, 0) is 9.59 Å². The van der Waals surface area contributed by atoms with Gasteiger partial charge in [-0.1, -0.05) is 13.8 Å². The van der Waals surface area contributed by atoms with Gasteiger partial charge in [0.25, 0.3) is 0 Å². The van der Waals surface area contributed by atoms with E-state index in [1.54, 1.807) is 0 Å². The van der Waals surface area contributed by atoms with Gasteiger partial charge in [-0.25, -0.2) is 0 Å². The summed E-state index contributed by atoms with van der Waals surface area (Å²) in [7, 11) is 0. The molecule has 1 aliphatic rings. The van der Waals surface area contributed by atoms with E-state index in [1.165, 1.54) is 0 Å². The monoisotopic (exact) mass is 283 g/mol. The second-order valence-electron chi connectivity index (χ2n) is 6.30. The molecule has 1 fully saturated rings. The molecule has 2 amide bonds. The molecule has 0 saturated heterocycles. The van der Waals surface area contributed by atoms with E-state index in [1.807, 2.05) is 13.8 Å². The van der Waals surface area contributed by atoms with Gasteiger partial charge >= 0.3 is 0 Å². The molecule has 116 valence electrons. The smallest absolute Gasteiger partial charge is 0.239 e. The average molecular weight is 283 g/mol. The third-order valence-corrected chi connectivity index (χ3v) is 3.93. The highest BCUT2D eigenvalue weighted by Crippen LogP contribution is 2.29. The largest absolute Gasteiger partial charge is 0.354 e. The first-order valence-electron chi connectivity index (χ1n) is 7.74. The van der Waals surface area contributed by atoms with Gasteiger partial charge in [0.1, 0.15) is 0 Å². The second kappa shape index (κ2) is 8.95. The van der Waals surface area contributed by atoms with Crippen molar-refractivity contribution < 1.29 is 9.59 Å². The first kappa shape index (κ1) is 17.0. The zero-order valence-corrected chi connectivity index (χ0v) is 12.8. The summed E-state index contributed by atoms with van der Waals surface area (Å²) in [6, 6.07) is 0. The van der Waals surface area contributed by atoms with E-state index in [4.69, 9.17) is 5.73 Å². The van der Waals surface area contributed by atoms with Crippen molar-refractivity contribution in [1.82, 2.24) is 10.6 Å². The Morgan fingerprint density at radius 3 is 2.20 bits per heavy atom. The summed E-state index contributed by atoms with van der Waals surface area (Å²) in [6.07, 6.45) is 4.95. The number of nitrogens with one attached hydrogen (secondary N) is 2. The van der Waals surface area contributed by atoms with Gasteiger partial charge < -0.3 is 16.4 Å². The summed E-state index contributed by atoms with van der Waals surface area (Å²) in [5.74, 6) is 1.39. The van der Waals surface area contributed by atoms with E-state index in [2.05, 4.69) is 10.6 Å². The Kier molecular flexibility index (Phi) is 7.59. The normalized spacial score (nSPS) is 22.6. The zero-order chi connectivity index (χ0) is 15.0. The van der Waals surface area contributed by atoms with Crippen LogP contribution in [0.3, 0.4) is 0 Å². The second-order valence-corrected chi connectivity index (χ2v) is 6.30. The minimum Gasteiger partial charge on any atom is -0.354 e. The number of carbonyl (C=O) groups excluding carboxylic acids is 2. The summed E-state index contributed by atoms with van der Waals surface area (Å²) >= 11 is 0. The molecular formula is C15H29N3O2. The van der Waals surface area contributed by atoms with Crippen LogP contribution in [-0.4, -0.2) is 31.4 Å². The number of amides is 2. The Hall–Kier alpha value is -1.10. The Balaban J connectivity index is 2.13. The molecule has 5 heteroatoms. The molecule has 1 saturated carbocycles. The van der Waals surface area contributed by atoms with E-state index in [0.29, 0.717) is 30.7 Å². The average Bonchev–Trinajstić information content (AvgIpc) is 2.43. The number of nitrogens with two attached hydrogens (primary N) is 1. The summed E-state index contributed by atoms with van der Waals surface area (Å²) in [4.78, 5) is 23.3. The summed E-state index contributed by atoms with van der Waals surface area (Å²) in [5.41, 5.74) is 5.66. The number of rotatable bonds is 7. The van der Waals surface area contributed by atoms with Gasteiger partial charge in [-0.2, -0.15) is 0 Å². The topological polar surface area (TPSA) is 84.2 Å². The third kappa shape index (κ3) is 6.89. The van der Waals surface area contributed by atoms with Crippen LogP contribution in [0.15, 0.2) is 0 Å². The maximum absolute atomic E-state index is 11.8. The van der Waals surface area contributed by atoms with Crippen LogP contribution in [0.2, 0.25) is 0 Å². The minimum absolute atomic E-state index is 0.0131. The van der Waals surface area contributed by atoms with Crippen molar-refractivity contribution >= 4 is 11.8 Å². The number of hydrogen-bond donors (Lipinski definition) is 3. The third-order valence-electron chi connectivity index (χ3n) is 3.93. The minimum atomic E-state index is -0.112. The van der Waals surface area contributed by atoms with Gasteiger partial charge in [-0.15, -0.1) is 0 Å². The number of carbonyl (C=O) groups is 2. The van der Waals surface area contributed by atoms with Crippen LogP contribution in [0.25, 0.3) is 0 Å². The quantitative estimate of drug-likeness (QED) is 0.652. The van der Waals surface area contributed by atoms with Gasteiger partial charge in [0.2, 0.25) is 11.8 Å². The van der Waals surface area contributed by atoms with Crippen LogP contribution >= 0.6 is 0 Å². The molecule has 0 aliphatic heterocycles. The Labute approximate surface area is 122 Å². The fraction of sp³-hybridized carbons (Fsp3) is 0.867. The molecular weight excluding hydrogens is 254 g/mol. The van der Waals surface area contributed by atoms with Crippen LogP contribution < -0.4 is 16.4 Å². The molecule has 1 rings (SSSR count). The van der Waals surface area contributed by atoms with Crippen molar-refractivity contribution in [2.24, 2.45) is 23.5 Å². The van der Waals surface area contributed by atoms with Crippen LogP contribution in [0.1, 0.15) is 46.0 Å². The Bertz CT molecular complexity index is 310. The SMILES string of the molecule is CC(C)CNC(=O)CNC(=O)CC1CCC(CN)CC1. The van der Waals surface area contributed by atoms with E-state index in [-0.39, 0.29) is 18.4 Å². The van der Waals surface area contributed by atoms with Crippen molar-refractivity contribution in [3.63, 3.8) is 0 Å². The maximum atomic E-state index is 11.8. The molecule has 0 radical (unpaired) electrons. The van der Waals surface area contributed by atoms with Crippen LogP contribution in [0.4, 0.5) is 0 Å². The number of hydrogen-bond acceptors (Lipinski definition) is 3. The maximum Gasteiger partial charge on any atom is 0.239 e. The molecule has 0 atom stereocenters. The van der Waals surface area contributed by atoms with E-state index < -0.39 is 0 Å². The standard InChI is InChI=1S/C15H29N3O2/c1-11(2)9-17-15(20)10-18-14(19)7-12-3-5-13(8-16)6-4-12/h11-13H,3-10,16H2,1-2H3,(H,17,20)(H,18,19). The molecule has 20 heavy (non-hydrogen) atoms. The highest BCUT2D eigenvalue weighted by Gasteiger charge is 2.22. The zero-order valence-electron chi connectivity index (χ0n) is 12.8. The van der Waals surface area contributed by atoms with Crippen molar-refractivity contribution in [2.75, 3.05) is 19.6 Å². The molecule has 0 bridgehead atoms. The van der Waals surface area contributed by atoms with Crippen LogP contribution in [0, 0.1) is 17.8 Å². The lowest BCUT2D eigenvalue weighted by Gasteiger charge is -2.27. The lowest BCUT2D eigenvalue weighted by atomic mass is 9.80. The first-order chi connectivity index (χ1) is 9.51. The highest BCUT2D eigenvalue weighted by molar-refractivity contribution is 5.84. The lowest BCUT2D eigenvalue weighted by molar-refractivity contribution is -0.126. The van der Waals surface area contributed by atoms with Crippen molar-refractivity contribution in [3.8, 4) is 0 Å². The van der Waals surface area contributed by atoms with Gasteiger partial charge in [0, 0.05) is 13.0 Å². The summed E-state index contributed by atoms with van der Waals surface area (Å²) < 4.78 is 0. The predicted molar refractivity (Wildman–Crippen MR) is 80.0 cm³/mol. The molecule has 0 spiro atoms. The van der Waals surface area contributed by atoms with Crippen molar-refractivity contribution in [2.45, 2.75) is 46.0 Å². The van der Waals surface area contributed by atoms with Crippen molar-refractivity contribution in [3.05, 3.63) is 0 Å². The molecule has 0 aromatic heterocycles. The summed E-state index contributed by atoms with van der Waals surface area (Å²) in [5, 5.41) is 5.49. The van der Waals surface area contributed by atoms with Gasteiger partial charge in [-0.05, 0) is 50.0 Å². The molecule has 5 nitrogen and oxygen atoms in total. The Morgan fingerprint density at radius 1 is 1.05 bits per heavy atom. The van der Waals surface area contributed by atoms with E-state index in [0.717, 1.165) is 32.2 Å². The molecule has 0 heterocycles. The fourth-order valence-corrected chi connectivity index (χ4v) is 2.56. The van der Waals surface area contributed by atoms with Crippen LogP contribution in [0.5, 0.6) is 0 Å². The van der Waals surface area contributed by atoms with Gasteiger partial charge in [0.05, 0.1) is 6.54 Å². The Morgan fingerprint density at radius 2 is 1.65 bits per heavy atom. The lowest BCUT2D eigenvalue weighted by Crippen LogP contribution is -2.39. The van der Waals surface area contributed by atoms with Crippen molar-refractivity contribution in [1.29, 1.82) is 0 Å². The van der Waals surface area contributed by atoms with Gasteiger partial charge in [0.15, 0.2) is 0 Å². The molecule has 0 aromatic rings. The molecule has 1 aliphatic carbocycles. The van der Waals surface area contributed by atoms with Gasteiger partial charge in [-0.3, -0.25) is 9.59 Å². The first-order valence-corrected chi connectivity index (χ1v) is 7.74. The molecule has 0 aromatic carbocycles. The highest BCUT2D eigenvalue weighted by atomic mass is 16.2. The predicted octanol–water partition coefficient (Wildman–Crippen LogP) is 1.03. The van der Waals surface area contributed by atoms with E-state index in [9.17, 15) is 9.59 Å². The van der Waals surface area contributed by atoms with E-state index >= 15 is 0 Å². The molecule has 0 unspecified atom stereocenters. The fourth-order valence-electron chi connectivity index (χ4n) is 2.56. The summed E-state index contributed by atoms with van der Waals surface area (Å²) in [6.45, 7) is 5.57.